The maximum atomic E-state index is 12.1. The van der Waals surface area contributed by atoms with Crippen molar-refractivity contribution in [3.8, 4) is 0 Å². The minimum absolute atomic E-state index is 0.360. The van der Waals surface area contributed by atoms with E-state index in [9.17, 15) is 4.79 Å². The first-order valence-corrected chi connectivity index (χ1v) is 11.1. The quantitative estimate of drug-likeness (QED) is 0.292. The molecule has 1 aliphatic heterocycles. The summed E-state index contributed by atoms with van der Waals surface area (Å²) in [5, 5.41) is 5.68. The Morgan fingerprint density at radius 3 is 2.97 bits per heavy atom. The summed E-state index contributed by atoms with van der Waals surface area (Å²) < 4.78 is 6.00. The van der Waals surface area contributed by atoms with Crippen molar-refractivity contribution in [2.45, 2.75) is 13.3 Å². The highest BCUT2D eigenvalue weighted by atomic mass is 79.9. The predicted octanol–water partition coefficient (Wildman–Crippen LogP) is 6.31. The number of H-pyrrole nitrogens is 2. The van der Waals surface area contributed by atoms with Crippen LogP contribution in [0.15, 0.2) is 65.6 Å². The fraction of sp³-hybridized carbons (Fsp3) is 0.167. The van der Waals surface area contributed by atoms with Gasteiger partial charge in [0.25, 0.3) is 0 Å². The summed E-state index contributed by atoms with van der Waals surface area (Å²) >= 11 is 3.64. The number of amides is 1. The van der Waals surface area contributed by atoms with Crippen LogP contribution in [-0.2, 0) is 4.74 Å². The van der Waals surface area contributed by atoms with Crippen molar-refractivity contribution in [3.05, 3.63) is 71.3 Å². The van der Waals surface area contributed by atoms with E-state index in [2.05, 4.69) is 73.1 Å². The zero-order valence-corrected chi connectivity index (χ0v) is 19.1. The first-order chi connectivity index (χ1) is 15.5. The van der Waals surface area contributed by atoms with Crippen LogP contribution in [0.25, 0.3) is 27.5 Å². The molecule has 1 aromatic carbocycles. The number of nitrogens with zero attached hydrogens (tertiary/aromatic N) is 2. The van der Waals surface area contributed by atoms with Gasteiger partial charge in [0.15, 0.2) is 0 Å². The van der Waals surface area contributed by atoms with Crippen molar-refractivity contribution >= 4 is 60.9 Å². The second kappa shape index (κ2) is 8.20. The van der Waals surface area contributed by atoms with E-state index in [-0.39, 0.29) is 6.09 Å². The zero-order chi connectivity index (χ0) is 22.2. The van der Waals surface area contributed by atoms with Gasteiger partial charge in [0.2, 0.25) is 0 Å². The van der Waals surface area contributed by atoms with Gasteiger partial charge >= 0.3 is 6.09 Å². The van der Waals surface area contributed by atoms with Crippen LogP contribution < -0.4 is 5.32 Å². The molecule has 0 saturated heterocycles. The molecule has 1 amide bonds. The fourth-order valence-corrected chi connectivity index (χ4v) is 4.33. The highest BCUT2D eigenvalue weighted by Gasteiger charge is 2.21. The van der Waals surface area contributed by atoms with Crippen LogP contribution in [-0.4, -0.2) is 39.0 Å². The molecule has 0 unspecified atom stereocenters. The summed E-state index contributed by atoms with van der Waals surface area (Å²) in [6.07, 6.45) is 6.15. The Balaban J connectivity index is 1.42. The molecule has 0 spiro atoms. The number of rotatable bonds is 4. The van der Waals surface area contributed by atoms with Crippen LogP contribution in [0.1, 0.15) is 19.0 Å². The number of pyridine rings is 1. The largest absolute Gasteiger partial charge is 0.416 e. The van der Waals surface area contributed by atoms with E-state index < -0.39 is 0 Å². The summed E-state index contributed by atoms with van der Waals surface area (Å²) in [5.41, 5.74) is 6.01. The van der Waals surface area contributed by atoms with Crippen LogP contribution in [0.3, 0.4) is 0 Å². The third-order valence-corrected chi connectivity index (χ3v) is 6.11. The number of aromatic nitrogens is 3. The molecule has 0 atom stereocenters. The molecule has 3 aromatic heterocycles. The number of ether oxygens (including phenoxy) is 1. The molecule has 4 aromatic rings. The maximum Gasteiger partial charge on any atom is 0.415 e. The Morgan fingerprint density at radius 2 is 2.19 bits per heavy atom. The number of carbonyl (C=O) groups excluding carboxylic acids is 1. The summed E-state index contributed by atoms with van der Waals surface area (Å²) in [6.45, 7) is 6.38. The van der Waals surface area contributed by atoms with Gasteiger partial charge < -0.3 is 24.9 Å². The van der Waals surface area contributed by atoms with Crippen molar-refractivity contribution in [2.24, 2.45) is 0 Å². The molecule has 7 nitrogen and oxygen atoms in total. The number of anilines is 2. The van der Waals surface area contributed by atoms with Gasteiger partial charge in [-0.3, -0.25) is 0 Å². The van der Waals surface area contributed by atoms with Crippen LogP contribution in [0.2, 0.25) is 0 Å². The van der Waals surface area contributed by atoms with Gasteiger partial charge in [-0.1, -0.05) is 12.7 Å². The van der Waals surface area contributed by atoms with Gasteiger partial charge in [0.05, 0.1) is 15.9 Å². The molecule has 5 rings (SSSR count). The number of aromatic amines is 2. The molecule has 0 fully saturated rings. The van der Waals surface area contributed by atoms with Gasteiger partial charge in [-0.05, 0) is 65.2 Å². The molecular weight excluding hydrogens is 470 g/mol. The summed E-state index contributed by atoms with van der Waals surface area (Å²) in [4.78, 5) is 24.9. The van der Waals surface area contributed by atoms with Crippen molar-refractivity contribution < 1.29 is 9.53 Å². The molecule has 0 bridgehead atoms. The van der Waals surface area contributed by atoms with E-state index >= 15 is 0 Å². The number of nitrogens with one attached hydrogen (secondary N) is 3. The van der Waals surface area contributed by atoms with Gasteiger partial charge in [0.1, 0.15) is 5.65 Å². The van der Waals surface area contributed by atoms with E-state index in [4.69, 9.17) is 4.74 Å². The number of allylic oxidation sites excluding steroid dienone is 1. The van der Waals surface area contributed by atoms with Gasteiger partial charge in [-0.2, -0.15) is 0 Å². The number of carbonyl (C=O) groups is 1. The highest BCUT2D eigenvalue weighted by molar-refractivity contribution is 9.10. The summed E-state index contributed by atoms with van der Waals surface area (Å²) in [7, 11) is 0. The number of hydrogen-bond donors (Lipinski definition) is 3. The third kappa shape index (κ3) is 3.89. The normalized spacial score (nSPS) is 13.9. The molecule has 0 radical (unpaired) electrons. The van der Waals surface area contributed by atoms with Gasteiger partial charge in [-0.15, -0.1) is 0 Å². The minimum Gasteiger partial charge on any atom is -0.416 e. The molecular formula is C24H22BrN5O2. The predicted molar refractivity (Wildman–Crippen MR) is 131 cm³/mol. The fourth-order valence-electron chi connectivity index (χ4n) is 3.92. The van der Waals surface area contributed by atoms with Crippen molar-refractivity contribution in [3.63, 3.8) is 0 Å². The first-order valence-electron chi connectivity index (χ1n) is 10.3. The first kappa shape index (κ1) is 20.4. The lowest BCUT2D eigenvalue weighted by molar-refractivity contribution is 0.133. The molecule has 0 aliphatic carbocycles. The summed E-state index contributed by atoms with van der Waals surface area (Å²) in [6, 6.07) is 10.4. The maximum absolute atomic E-state index is 12.1. The van der Waals surface area contributed by atoms with Crippen LogP contribution in [0.4, 0.5) is 16.2 Å². The number of fused-ring (bicyclic) bond motifs is 2. The zero-order valence-electron chi connectivity index (χ0n) is 17.5. The minimum atomic E-state index is -0.360. The average molecular weight is 492 g/mol. The monoisotopic (exact) mass is 491 g/mol. The molecule has 32 heavy (non-hydrogen) atoms. The average Bonchev–Trinajstić information content (AvgIpc) is 3.42. The van der Waals surface area contributed by atoms with Gasteiger partial charge in [0, 0.05) is 53.2 Å². The molecule has 8 heteroatoms. The molecule has 0 saturated carbocycles. The van der Waals surface area contributed by atoms with Crippen molar-refractivity contribution in [2.75, 3.05) is 18.4 Å². The van der Waals surface area contributed by atoms with Crippen molar-refractivity contribution in [1.29, 1.82) is 0 Å². The van der Waals surface area contributed by atoms with E-state index in [1.54, 1.807) is 18.0 Å². The van der Waals surface area contributed by atoms with Crippen LogP contribution in [0, 0.1) is 0 Å². The molecule has 1 aliphatic rings. The van der Waals surface area contributed by atoms with Gasteiger partial charge in [-0.25, -0.2) is 9.78 Å². The standard InChI is InChI=1S/C24H22BrN5O2/c1-14(2)32-24(31)30-9-6-15(7-10-30)21-12-18-22(19(25)13-27-23(18)29-21)28-17-3-4-20-16(11-17)5-8-26-20/h3-6,8,11-13,26H,1,7,9-10H2,2H3,(H2,27,28,29). The Morgan fingerprint density at radius 1 is 1.31 bits per heavy atom. The van der Waals surface area contributed by atoms with Crippen LogP contribution in [0.5, 0.6) is 0 Å². The topological polar surface area (TPSA) is 86.0 Å². The van der Waals surface area contributed by atoms with E-state index in [0.717, 1.165) is 55.5 Å². The Bertz CT molecular complexity index is 1380. The van der Waals surface area contributed by atoms with Crippen LogP contribution >= 0.6 is 15.9 Å². The van der Waals surface area contributed by atoms with E-state index in [1.165, 1.54) is 0 Å². The lowest BCUT2D eigenvalue weighted by atomic mass is 10.0. The Kier molecular flexibility index (Phi) is 5.22. The van der Waals surface area contributed by atoms with E-state index in [1.807, 2.05) is 12.3 Å². The SMILES string of the molecule is C=C(C)OC(=O)N1CC=C(c2cc3c(Nc4ccc5[nH]ccc5c4)c(Br)cnc3[nH]2)CC1. The molecule has 3 N–H and O–H groups in total. The molecule has 162 valence electrons. The third-order valence-electron chi connectivity index (χ3n) is 5.51. The number of benzene rings is 1. The second-order valence-corrected chi connectivity index (χ2v) is 8.68. The number of hydrogen-bond acceptors (Lipinski definition) is 4. The Hall–Kier alpha value is -3.52. The summed E-state index contributed by atoms with van der Waals surface area (Å²) in [5.74, 6) is 0.396. The lowest BCUT2D eigenvalue weighted by Gasteiger charge is -2.25. The smallest absolute Gasteiger partial charge is 0.415 e. The molecule has 4 heterocycles. The Labute approximate surface area is 193 Å². The highest BCUT2D eigenvalue weighted by Crippen LogP contribution is 2.35. The van der Waals surface area contributed by atoms with Crippen molar-refractivity contribution in [1.82, 2.24) is 19.9 Å². The number of halogens is 1. The van der Waals surface area contributed by atoms with E-state index in [0.29, 0.717) is 18.8 Å². The lowest BCUT2D eigenvalue weighted by Crippen LogP contribution is -2.34. The second-order valence-electron chi connectivity index (χ2n) is 7.83.